The van der Waals surface area contributed by atoms with E-state index in [-0.39, 0.29) is 0 Å². The van der Waals surface area contributed by atoms with Crippen molar-refractivity contribution in [1.82, 2.24) is 4.57 Å². The summed E-state index contributed by atoms with van der Waals surface area (Å²) < 4.78 is 2.40. The average molecular weight is 815 g/mol. The largest absolute Gasteiger partial charge is 0.309 e. The minimum Gasteiger partial charge on any atom is -0.309 e. The van der Waals surface area contributed by atoms with Crippen molar-refractivity contribution in [3.8, 4) is 50.2 Å². The molecule has 0 aliphatic carbocycles. The van der Waals surface area contributed by atoms with Crippen LogP contribution in [0.3, 0.4) is 0 Å². The van der Waals surface area contributed by atoms with Crippen LogP contribution < -0.4 is 4.90 Å². The van der Waals surface area contributed by atoms with Crippen LogP contribution in [0, 0.1) is 0 Å². The summed E-state index contributed by atoms with van der Waals surface area (Å²) in [6.45, 7) is 0. The lowest BCUT2D eigenvalue weighted by Gasteiger charge is -2.29. The molecule has 0 aliphatic rings. The summed E-state index contributed by atoms with van der Waals surface area (Å²) in [6, 6.07) is 92.7. The fourth-order valence-corrected chi connectivity index (χ4v) is 9.88. The van der Waals surface area contributed by atoms with Crippen molar-refractivity contribution < 1.29 is 0 Å². The third-order valence-corrected chi connectivity index (χ3v) is 12.8. The Hall–Kier alpha value is -8.46. The first-order valence-corrected chi connectivity index (χ1v) is 22.0. The van der Waals surface area contributed by atoms with Gasteiger partial charge in [-0.2, -0.15) is 0 Å². The number of hydrogen-bond acceptors (Lipinski definition) is 1. The van der Waals surface area contributed by atoms with Crippen LogP contribution in [0.25, 0.3) is 93.5 Å². The smallest absolute Gasteiger partial charge is 0.0562 e. The van der Waals surface area contributed by atoms with Gasteiger partial charge in [-0.15, -0.1) is 0 Å². The van der Waals surface area contributed by atoms with E-state index in [9.17, 15) is 0 Å². The van der Waals surface area contributed by atoms with Gasteiger partial charge in [0.1, 0.15) is 0 Å². The first-order valence-electron chi connectivity index (χ1n) is 22.0. The van der Waals surface area contributed by atoms with Crippen LogP contribution in [0.15, 0.2) is 255 Å². The van der Waals surface area contributed by atoms with Crippen LogP contribution in [0.1, 0.15) is 0 Å². The molecule has 1 aromatic heterocycles. The average Bonchev–Trinajstić information content (AvgIpc) is 3.72. The fourth-order valence-electron chi connectivity index (χ4n) is 9.88. The highest BCUT2D eigenvalue weighted by Gasteiger charge is 2.24. The maximum Gasteiger partial charge on any atom is 0.0562 e. The normalized spacial score (nSPS) is 11.4. The summed E-state index contributed by atoms with van der Waals surface area (Å²) in [5.41, 5.74) is 16.2. The molecule has 12 aromatic rings. The second-order valence-corrected chi connectivity index (χ2v) is 16.4. The zero-order valence-corrected chi connectivity index (χ0v) is 35.1. The molecular weight excluding hydrogens is 773 g/mol. The number of hydrogen-bond donors (Lipinski definition) is 0. The molecule has 0 atom stereocenters. The van der Waals surface area contributed by atoms with Crippen molar-refractivity contribution in [2.24, 2.45) is 0 Å². The highest BCUT2D eigenvalue weighted by atomic mass is 15.2. The van der Waals surface area contributed by atoms with Gasteiger partial charge in [-0.1, -0.05) is 200 Å². The molecule has 0 saturated carbocycles. The Labute approximate surface area is 373 Å². The lowest BCUT2D eigenvalue weighted by molar-refractivity contribution is 1.18. The first kappa shape index (κ1) is 37.3. The van der Waals surface area contributed by atoms with Gasteiger partial charge in [0.05, 0.1) is 22.4 Å². The summed E-state index contributed by atoms with van der Waals surface area (Å²) in [7, 11) is 0. The van der Waals surface area contributed by atoms with E-state index in [0.29, 0.717) is 0 Å². The third kappa shape index (κ3) is 6.35. The molecule has 0 N–H and O–H groups in total. The Kier molecular flexibility index (Phi) is 9.20. The van der Waals surface area contributed by atoms with Crippen LogP contribution in [-0.2, 0) is 0 Å². The highest BCUT2D eigenvalue weighted by Crippen LogP contribution is 2.48. The molecule has 0 fully saturated rings. The minimum atomic E-state index is 1.08. The van der Waals surface area contributed by atoms with Gasteiger partial charge in [-0.05, 0) is 115 Å². The molecule has 2 heteroatoms. The van der Waals surface area contributed by atoms with Gasteiger partial charge in [-0.3, -0.25) is 0 Å². The molecule has 64 heavy (non-hydrogen) atoms. The van der Waals surface area contributed by atoms with Crippen molar-refractivity contribution in [3.63, 3.8) is 0 Å². The van der Waals surface area contributed by atoms with Crippen LogP contribution in [0.4, 0.5) is 17.1 Å². The van der Waals surface area contributed by atoms with Crippen molar-refractivity contribution in [1.29, 1.82) is 0 Å². The van der Waals surface area contributed by atoms with Gasteiger partial charge >= 0.3 is 0 Å². The lowest BCUT2D eigenvalue weighted by atomic mass is 9.88. The van der Waals surface area contributed by atoms with Gasteiger partial charge in [0, 0.05) is 27.7 Å². The van der Waals surface area contributed by atoms with Gasteiger partial charge < -0.3 is 9.47 Å². The molecule has 300 valence electrons. The number of benzene rings is 11. The first-order chi connectivity index (χ1) is 31.8. The molecule has 11 aromatic carbocycles. The van der Waals surface area contributed by atoms with Crippen molar-refractivity contribution in [2.45, 2.75) is 0 Å². The number of para-hydroxylation sites is 3. The van der Waals surface area contributed by atoms with E-state index in [1.54, 1.807) is 0 Å². The SMILES string of the molecule is c1ccc(-c2ccccc2-c2ccccc2-c2ccccc2N(c2ccc(-c3ccc4c(ccc5ccccc54)c3)cc2)c2cccc3c2c2ccccc2n3-c2ccccc2)cc1. The number of anilines is 3. The summed E-state index contributed by atoms with van der Waals surface area (Å²) >= 11 is 0. The predicted molar refractivity (Wildman–Crippen MR) is 272 cm³/mol. The number of nitrogens with zero attached hydrogens (tertiary/aromatic N) is 2. The second kappa shape index (κ2) is 15.8. The highest BCUT2D eigenvalue weighted by molar-refractivity contribution is 6.17. The summed E-state index contributed by atoms with van der Waals surface area (Å²) in [4.78, 5) is 2.48. The molecule has 0 spiro atoms. The van der Waals surface area contributed by atoms with Crippen LogP contribution in [0.5, 0.6) is 0 Å². The van der Waals surface area contributed by atoms with E-state index < -0.39 is 0 Å². The molecule has 0 radical (unpaired) electrons. The summed E-state index contributed by atoms with van der Waals surface area (Å²) in [5.74, 6) is 0. The number of rotatable bonds is 8. The van der Waals surface area contributed by atoms with Crippen LogP contribution in [-0.4, -0.2) is 4.57 Å². The quantitative estimate of drug-likeness (QED) is 0.139. The van der Waals surface area contributed by atoms with Crippen LogP contribution in [0.2, 0.25) is 0 Å². The molecule has 2 nitrogen and oxygen atoms in total. The Morgan fingerprint density at radius 3 is 1.59 bits per heavy atom. The Bertz CT molecular complexity index is 3660. The zero-order chi connectivity index (χ0) is 42.4. The topological polar surface area (TPSA) is 8.17 Å². The van der Waals surface area contributed by atoms with E-state index in [1.807, 2.05) is 0 Å². The van der Waals surface area contributed by atoms with Gasteiger partial charge in [-0.25, -0.2) is 0 Å². The Morgan fingerprint density at radius 1 is 0.281 bits per heavy atom. The molecule has 12 rings (SSSR count). The van der Waals surface area contributed by atoms with Crippen molar-refractivity contribution in [2.75, 3.05) is 4.90 Å². The van der Waals surface area contributed by atoms with Gasteiger partial charge in [0.2, 0.25) is 0 Å². The molecule has 0 unspecified atom stereocenters. The van der Waals surface area contributed by atoms with E-state index in [1.165, 1.54) is 76.8 Å². The monoisotopic (exact) mass is 814 g/mol. The Balaban J connectivity index is 1.07. The maximum atomic E-state index is 2.48. The van der Waals surface area contributed by atoms with E-state index in [4.69, 9.17) is 0 Å². The molecule has 1 heterocycles. The molecule has 0 amide bonds. The molecule has 0 saturated heterocycles. The van der Waals surface area contributed by atoms with Gasteiger partial charge in [0.25, 0.3) is 0 Å². The zero-order valence-electron chi connectivity index (χ0n) is 35.1. The number of aromatic nitrogens is 1. The van der Waals surface area contributed by atoms with Gasteiger partial charge in [0.15, 0.2) is 0 Å². The minimum absolute atomic E-state index is 1.08. The summed E-state index contributed by atoms with van der Waals surface area (Å²) in [5, 5.41) is 7.46. The van der Waals surface area contributed by atoms with E-state index in [2.05, 4.69) is 264 Å². The standard InChI is InChI=1S/C62H42N2/c1-3-18-44(19-4-1)51-24-9-10-25-53(51)54-26-11-12-27-55(54)56-28-13-15-30-58(56)64(61-33-17-32-60-62(61)57-29-14-16-31-59(57)63(60)48-21-5-2-6-22-48)49-39-36-43(37-40-49)46-38-41-52-47(42-46)35-34-45-20-7-8-23-50(45)52/h1-42H. The maximum absolute atomic E-state index is 2.48. The second-order valence-electron chi connectivity index (χ2n) is 16.4. The van der Waals surface area contributed by atoms with E-state index >= 15 is 0 Å². The Morgan fingerprint density at radius 2 is 0.812 bits per heavy atom. The predicted octanol–water partition coefficient (Wildman–Crippen LogP) is 17.2. The third-order valence-electron chi connectivity index (χ3n) is 12.8. The number of fused-ring (bicyclic) bond motifs is 6. The van der Waals surface area contributed by atoms with Crippen molar-refractivity contribution in [3.05, 3.63) is 255 Å². The van der Waals surface area contributed by atoms with E-state index in [0.717, 1.165) is 33.8 Å². The molecular formula is C62H42N2. The molecule has 0 aliphatic heterocycles. The molecule has 0 bridgehead atoms. The van der Waals surface area contributed by atoms with Crippen LogP contribution >= 0.6 is 0 Å². The summed E-state index contributed by atoms with van der Waals surface area (Å²) in [6.07, 6.45) is 0. The fraction of sp³-hybridized carbons (Fsp3) is 0. The lowest BCUT2D eigenvalue weighted by Crippen LogP contribution is -2.12. The van der Waals surface area contributed by atoms with Crippen molar-refractivity contribution >= 4 is 60.4 Å².